The number of hydrogen-bond donors (Lipinski definition) is 0. The highest BCUT2D eigenvalue weighted by molar-refractivity contribution is 5.81. The highest BCUT2D eigenvalue weighted by atomic mass is 16.5. The first-order chi connectivity index (χ1) is 15.9. The minimum atomic E-state index is -0.0434. The quantitative estimate of drug-likeness (QED) is 0.690. The second-order valence-corrected chi connectivity index (χ2v) is 10.2. The molecule has 5 atom stereocenters. The van der Waals surface area contributed by atoms with E-state index < -0.39 is 0 Å². The van der Waals surface area contributed by atoms with Gasteiger partial charge in [0.2, 0.25) is 11.8 Å². The van der Waals surface area contributed by atoms with Crippen LogP contribution in [0.2, 0.25) is 0 Å². The molecular weight excluding hydrogens is 412 g/mol. The maximum atomic E-state index is 14.0. The van der Waals surface area contributed by atoms with E-state index >= 15 is 0 Å². The average molecular weight is 447 g/mol. The summed E-state index contributed by atoms with van der Waals surface area (Å²) in [4.78, 5) is 31.3. The van der Waals surface area contributed by atoms with Gasteiger partial charge < -0.3 is 14.5 Å². The fourth-order valence-electron chi connectivity index (χ4n) is 7.09. The van der Waals surface area contributed by atoms with E-state index in [2.05, 4.69) is 41.0 Å². The Hall–Kier alpha value is -2.82. The molecule has 2 bridgehead atoms. The minimum absolute atomic E-state index is 0.0142. The fourth-order valence-corrected chi connectivity index (χ4v) is 7.09. The topological polar surface area (TPSA) is 49.9 Å². The van der Waals surface area contributed by atoms with Gasteiger partial charge in [0.1, 0.15) is 5.75 Å². The summed E-state index contributed by atoms with van der Waals surface area (Å²) in [5.41, 5.74) is 2.09. The van der Waals surface area contributed by atoms with Crippen LogP contribution in [0.25, 0.3) is 0 Å². The summed E-state index contributed by atoms with van der Waals surface area (Å²) in [6.45, 7) is 4.02. The Morgan fingerprint density at radius 1 is 1.00 bits per heavy atom. The van der Waals surface area contributed by atoms with Crippen molar-refractivity contribution < 1.29 is 14.3 Å². The molecule has 3 aliphatic rings. The van der Waals surface area contributed by atoms with Crippen molar-refractivity contribution in [2.75, 3.05) is 7.11 Å². The minimum Gasteiger partial charge on any atom is -0.496 e. The number of likely N-dealkylation sites (tertiary alicyclic amines) is 2. The number of nitrogens with zero attached hydrogens (tertiary/aromatic N) is 2. The van der Waals surface area contributed by atoms with Crippen LogP contribution in [0.5, 0.6) is 5.75 Å². The van der Waals surface area contributed by atoms with Gasteiger partial charge in [-0.2, -0.15) is 0 Å². The monoisotopic (exact) mass is 446 g/mol. The van der Waals surface area contributed by atoms with Crippen LogP contribution in [0, 0.1) is 5.41 Å². The number of rotatable bonds is 5. The summed E-state index contributed by atoms with van der Waals surface area (Å²) in [5, 5.41) is 0. The smallest absolute Gasteiger partial charge is 0.227 e. The van der Waals surface area contributed by atoms with Crippen molar-refractivity contribution in [3.8, 4) is 5.75 Å². The first kappa shape index (κ1) is 22.0. The zero-order valence-corrected chi connectivity index (χ0v) is 19.9. The van der Waals surface area contributed by atoms with Gasteiger partial charge in [-0.15, -0.1) is 0 Å². The number of piperidine rings is 1. The van der Waals surface area contributed by atoms with Crippen molar-refractivity contribution in [2.24, 2.45) is 5.41 Å². The molecule has 2 saturated heterocycles. The number of fused-ring (bicyclic) bond motifs is 1. The SMILES string of the molecule is COc1ccccc1CC(=O)N1[C@@H](Cc2ccccc2)[C@@H]2C[C@@]3(C)[C@H](CCC[C@@H]13)N2C(C)=O. The number of amides is 2. The van der Waals surface area contributed by atoms with Crippen LogP contribution in [-0.2, 0) is 22.4 Å². The van der Waals surface area contributed by atoms with Gasteiger partial charge in [-0.1, -0.05) is 55.5 Å². The van der Waals surface area contributed by atoms with Crippen molar-refractivity contribution in [3.05, 3.63) is 65.7 Å². The van der Waals surface area contributed by atoms with Gasteiger partial charge in [-0.3, -0.25) is 9.59 Å². The summed E-state index contributed by atoms with van der Waals surface area (Å²) in [6.07, 6.45) is 5.17. The maximum absolute atomic E-state index is 14.0. The van der Waals surface area contributed by atoms with Crippen LogP contribution in [0.3, 0.4) is 0 Å². The number of benzene rings is 2. The second kappa shape index (κ2) is 8.51. The zero-order valence-electron chi connectivity index (χ0n) is 19.9. The third-order valence-corrected chi connectivity index (χ3v) is 8.43. The van der Waals surface area contributed by atoms with Gasteiger partial charge in [0.15, 0.2) is 0 Å². The van der Waals surface area contributed by atoms with Gasteiger partial charge >= 0.3 is 0 Å². The Morgan fingerprint density at radius 3 is 2.36 bits per heavy atom. The molecule has 3 fully saturated rings. The molecule has 5 heteroatoms. The fraction of sp³-hybridized carbons (Fsp3) is 0.500. The lowest BCUT2D eigenvalue weighted by molar-refractivity contribution is -0.144. The molecule has 0 unspecified atom stereocenters. The van der Waals surface area contributed by atoms with Crippen LogP contribution in [0.15, 0.2) is 54.6 Å². The molecule has 2 aromatic carbocycles. The molecule has 2 aliphatic heterocycles. The number of hydrogen-bond acceptors (Lipinski definition) is 3. The number of methoxy groups -OCH3 is 1. The summed E-state index contributed by atoms with van der Waals surface area (Å²) < 4.78 is 5.54. The summed E-state index contributed by atoms with van der Waals surface area (Å²) >= 11 is 0. The molecule has 5 nitrogen and oxygen atoms in total. The van der Waals surface area contributed by atoms with Gasteiger partial charge in [-0.05, 0) is 43.7 Å². The Balaban J connectivity index is 1.56. The van der Waals surface area contributed by atoms with E-state index in [0.29, 0.717) is 6.42 Å². The van der Waals surface area contributed by atoms with Crippen molar-refractivity contribution in [2.45, 2.75) is 76.5 Å². The number of para-hydroxylation sites is 1. The summed E-state index contributed by atoms with van der Waals surface area (Å²) in [7, 11) is 1.65. The van der Waals surface area contributed by atoms with Crippen molar-refractivity contribution >= 4 is 11.8 Å². The molecule has 1 aliphatic carbocycles. The van der Waals surface area contributed by atoms with Crippen molar-refractivity contribution in [3.63, 3.8) is 0 Å². The first-order valence-corrected chi connectivity index (χ1v) is 12.2. The Bertz CT molecular complexity index is 1040. The van der Waals surface area contributed by atoms with E-state index in [1.807, 2.05) is 30.3 Å². The van der Waals surface area contributed by atoms with E-state index in [1.54, 1.807) is 14.0 Å². The van der Waals surface area contributed by atoms with Crippen LogP contribution in [0.1, 0.15) is 50.7 Å². The Kier molecular flexibility index (Phi) is 5.67. The van der Waals surface area contributed by atoms with Gasteiger partial charge in [0.05, 0.1) is 25.6 Å². The van der Waals surface area contributed by atoms with Crippen LogP contribution in [0.4, 0.5) is 0 Å². The van der Waals surface area contributed by atoms with Crippen LogP contribution in [-0.4, -0.2) is 52.9 Å². The zero-order chi connectivity index (χ0) is 23.2. The number of carbonyl (C=O) groups is 2. The largest absolute Gasteiger partial charge is 0.496 e. The molecule has 0 aromatic heterocycles. The molecule has 1 saturated carbocycles. The lowest BCUT2D eigenvalue weighted by Crippen LogP contribution is -2.63. The molecule has 0 radical (unpaired) electrons. The van der Waals surface area contributed by atoms with Gasteiger partial charge in [-0.25, -0.2) is 0 Å². The molecular formula is C28H34N2O3. The predicted molar refractivity (Wildman–Crippen MR) is 128 cm³/mol. The number of ether oxygens (including phenoxy) is 1. The van der Waals surface area contributed by atoms with E-state index in [4.69, 9.17) is 4.74 Å². The highest BCUT2D eigenvalue weighted by Crippen LogP contribution is 2.56. The molecule has 0 N–H and O–H groups in total. The molecule has 0 spiro atoms. The molecule has 2 amide bonds. The summed E-state index contributed by atoms with van der Waals surface area (Å²) in [6, 6.07) is 18.6. The molecule has 33 heavy (non-hydrogen) atoms. The lowest BCUT2D eigenvalue weighted by Gasteiger charge is -2.53. The summed E-state index contributed by atoms with van der Waals surface area (Å²) in [5.74, 6) is 1.04. The van der Waals surface area contributed by atoms with E-state index in [0.717, 1.165) is 43.4 Å². The normalized spacial score (nSPS) is 30.3. The molecule has 174 valence electrons. The first-order valence-electron chi connectivity index (χ1n) is 12.2. The van der Waals surface area contributed by atoms with Gasteiger partial charge in [0, 0.05) is 30.0 Å². The van der Waals surface area contributed by atoms with Crippen molar-refractivity contribution in [1.29, 1.82) is 0 Å². The standard InChI is InChI=1S/C28H34N2O3/c1-19(31)29-23-18-28(2)25(29)14-9-15-26(28)30(22(23)16-20-10-5-4-6-11-20)27(32)17-21-12-7-8-13-24(21)33-3/h4-8,10-13,22-23,25-26H,9,14-18H2,1-3H3/t22-,23-,25-,26+,28-/m0/s1. The van der Waals surface area contributed by atoms with E-state index in [-0.39, 0.29) is 41.4 Å². The van der Waals surface area contributed by atoms with Crippen molar-refractivity contribution in [1.82, 2.24) is 9.80 Å². The lowest BCUT2D eigenvalue weighted by atomic mass is 9.64. The molecule has 5 rings (SSSR count). The highest BCUT2D eigenvalue weighted by Gasteiger charge is 2.64. The Morgan fingerprint density at radius 2 is 1.67 bits per heavy atom. The average Bonchev–Trinajstić information content (AvgIpc) is 3.12. The third-order valence-electron chi connectivity index (χ3n) is 8.43. The predicted octanol–water partition coefficient (Wildman–Crippen LogP) is 4.24. The molecule has 2 heterocycles. The molecule has 2 aromatic rings. The van der Waals surface area contributed by atoms with E-state index in [1.165, 1.54) is 5.56 Å². The van der Waals surface area contributed by atoms with Crippen LogP contribution < -0.4 is 4.74 Å². The van der Waals surface area contributed by atoms with E-state index in [9.17, 15) is 9.59 Å². The maximum Gasteiger partial charge on any atom is 0.227 e. The Labute approximate surface area is 196 Å². The third kappa shape index (κ3) is 3.62. The second-order valence-electron chi connectivity index (χ2n) is 10.2. The van der Waals surface area contributed by atoms with Crippen LogP contribution >= 0.6 is 0 Å². The van der Waals surface area contributed by atoms with Gasteiger partial charge in [0.25, 0.3) is 0 Å². The number of carbonyl (C=O) groups excluding carboxylic acids is 2.